The fraction of sp³-hybridized carbons (Fsp3) is 0.267. The van der Waals surface area contributed by atoms with Crippen molar-refractivity contribution in [3.05, 3.63) is 253 Å². The summed E-state index contributed by atoms with van der Waals surface area (Å²) in [6, 6.07) is 38.8. The second-order valence-electron chi connectivity index (χ2n) is 31.4. The van der Waals surface area contributed by atoms with Gasteiger partial charge in [0.15, 0.2) is 22.6 Å². The molecule has 700 valence electrons. The lowest BCUT2D eigenvalue weighted by Crippen LogP contribution is -2.46. The number of hydrogen-bond donors (Lipinski definition) is 8. The average Bonchev–Trinajstić information content (AvgIpc) is 1.60. The lowest BCUT2D eigenvalue weighted by atomic mass is 9.73. The second-order valence-corrected chi connectivity index (χ2v) is 41.7. The summed E-state index contributed by atoms with van der Waals surface area (Å²) < 4.78 is 36.3. The van der Waals surface area contributed by atoms with Gasteiger partial charge in [-0.3, -0.25) is 9.59 Å². The number of hydrogen-bond acceptors (Lipinski definition) is 26. The number of aromatic amines is 4. The van der Waals surface area contributed by atoms with Crippen LogP contribution in [0.4, 0.5) is 5.82 Å². The van der Waals surface area contributed by atoms with Gasteiger partial charge in [-0.2, -0.15) is 4.42 Å². The molecular formula is C90H82BrCl10N17O11S5. The lowest BCUT2D eigenvalue weighted by molar-refractivity contribution is -0.132. The third kappa shape index (κ3) is 23.9. The van der Waals surface area contributed by atoms with Gasteiger partial charge in [0.05, 0.1) is 115 Å². The van der Waals surface area contributed by atoms with Crippen molar-refractivity contribution in [2.45, 2.75) is 124 Å². The van der Waals surface area contributed by atoms with Crippen LogP contribution in [-0.4, -0.2) is 163 Å². The molecule has 44 heteroatoms. The molecule has 3 saturated heterocycles. The Balaban J connectivity index is 0.000000139. The van der Waals surface area contributed by atoms with Crippen LogP contribution in [0.2, 0.25) is 45.3 Å². The molecule has 8 N–H and O–H groups in total. The smallest absolute Gasteiger partial charge is 0.343 e. The van der Waals surface area contributed by atoms with Gasteiger partial charge in [0.1, 0.15) is 75.0 Å². The van der Waals surface area contributed by atoms with Gasteiger partial charge in [0, 0.05) is 75.7 Å². The molecule has 134 heavy (non-hydrogen) atoms. The second kappa shape index (κ2) is 45.8. The van der Waals surface area contributed by atoms with E-state index >= 15 is 0 Å². The van der Waals surface area contributed by atoms with E-state index in [-0.39, 0.29) is 63.0 Å². The predicted molar refractivity (Wildman–Crippen MR) is 535 cm³/mol. The van der Waals surface area contributed by atoms with Gasteiger partial charge in [0.25, 0.3) is 0 Å². The summed E-state index contributed by atoms with van der Waals surface area (Å²) >= 11 is 70.5. The minimum Gasteiger partial charge on any atom is -0.465 e. The van der Waals surface area contributed by atoms with Crippen molar-refractivity contribution in [2.24, 2.45) is 16.6 Å². The number of piperidine rings is 2. The molecule has 2 amide bonds. The number of esters is 4. The number of thiol groups is 1. The van der Waals surface area contributed by atoms with Crippen molar-refractivity contribution >= 4 is 277 Å². The number of carbonyl (C=O) groups is 6. The van der Waals surface area contributed by atoms with Gasteiger partial charge in [-0.25, -0.2) is 68.0 Å². The fourth-order valence-corrected chi connectivity index (χ4v) is 21.4. The molecule has 0 unspecified atom stereocenters. The third-order valence-electron chi connectivity index (χ3n) is 22.1. The number of carbonyl (C=O) groups excluding carboxylic acids is 6. The number of H-pyrrole nitrogens is 4. The van der Waals surface area contributed by atoms with E-state index < -0.39 is 34.9 Å². The number of ether oxygens (including phenoxy) is 4. The number of amides is 2. The first kappa shape index (κ1) is 103. The van der Waals surface area contributed by atoms with Crippen LogP contribution in [-0.2, 0) is 52.4 Å². The number of imide groups is 1. The van der Waals surface area contributed by atoms with E-state index in [9.17, 15) is 33.0 Å². The Bertz CT molecular complexity index is 6750. The Morgan fingerprint density at radius 2 is 0.940 bits per heavy atom. The molecule has 3 aliphatic heterocycles. The number of halogens is 11. The molecule has 0 saturated carbocycles. The van der Waals surface area contributed by atoms with Crippen molar-refractivity contribution in [3.8, 4) is 0 Å². The molecule has 2 spiro atoms. The Labute approximate surface area is 848 Å². The summed E-state index contributed by atoms with van der Waals surface area (Å²) in [4.78, 5) is 120. The molecule has 0 radical (unpaired) electrons. The maximum absolute atomic E-state index is 13.0. The number of nitrogens with zero attached hydrogens (tertiary/aromatic N) is 10. The lowest BCUT2D eigenvalue weighted by Gasteiger charge is -2.42. The Morgan fingerprint density at radius 1 is 0.522 bits per heavy atom. The maximum atomic E-state index is 13.0. The monoisotopic (exact) mass is 2170 g/mol. The zero-order valence-electron chi connectivity index (χ0n) is 71.9. The first-order valence-corrected chi connectivity index (χ1v) is 49.3. The van der Waals surface area contributed by atoms with Gasteiger partial charge in [-0.15, -0.1) is 12.6 Å². The molecule has 6 aromatic carbocycles. The highest BCUT2D eigenvalue weighted by Gasteiger charge is 2.49. The Kier molecular flexibility index (Phi) is 35.1. The number of aromatic nitrogens is 12. The molecule has 19 rings (SSSR count). The van der Waals surface area contributed by atoms with Gasteiger partial charge < -0.3 is 54.8 Å². The highest BCUT2D eigenvalue weighted by molar-refractivity contribution is 9.10. The summed E-state index contributed by atoms with van der Waals surface area (Å²) in [6.07, 6.45) is 16.2. The summed E-state index contributed by atoms with van der Waals surface area (Å²) in [7, 11) is 4.26. The molecule has 14 aromatic rings. The van der Waals surface area contributed by atoms with Crippen molar-refractivity contribution in [1.29, 1.82) is 0 Å². The van der Waals surface area contributed by atoms with Gasteiger partial charge >= 0.3 is 23.9 Å². The van der Waals surface area contributed by atoms with E-state index in [1.807, 2.05) is 45.0 Å². The van der Waals surface area contributed by atoms with Crippen molar-refractivity contribution in [1.82, 2.24) is 74.3 Å². The van der Waals surface area contributed by atoms with E-state index in [4.69, 9.17) is 141 Å². The molecule has 5 aliphatic rings. The topological polar surface area (TPSA) is 379 Å². The summed E-state index contributed by atoms with van der Waals surface area (Å²) in [6.45, 7) is 9.75. The average molecular weight is 2170 g/mol. The Hall–Kier alpha value is -8.57. The number of nitrogens with one attached hydrogen (secondary N) is 6. The molecule has 28 nitrogen and oxygen atoms in total. The van der Waals surface area contributed by atoms with E-state index in [1.165, 1.54) is 98.4 Å². The van der Waals surface area contributed by atoms with Crippen LogP contribution in [0.15, 0.2) is 198 Å². The quantitative estimate of drug-likeness (QED) is 0.0175. The molecule has 2 aliphatic carbocycles. The van der Waals surface area contributed by atoms with Gasteiger partial charge in [0.2, 0.25) is 11.8 Å². The fourth-order valence-electron chi connectivity index (χ4n) is 15.3. The van der Waals surface area contributed by atoms with E-state index in [0.29, 0.717) is 136 Å². The predicted octanol–water partition coefficient (Wildman–Crippen LogP) is 22.9. The number of methoxy groups -OCH3 is 4. The van der Waals surface area contributed by atoms with Crippen LogP contribution in [0, 0.1) is 10.8 Å². The number of rotatable bonds is 13. The highest BCUT2D eigenvalue weighted by Crippen LogP contribution is 2.54. The van der Waals surface area contributed by atoms with Crippen LogP contribution in [0.5, 0.6) is 0 Å². The standard InChI is InChI=1S/C27H25Cl2N5O2S.C17H26N2OS.C14H8Cl3N3O2S.C14H9Cl2N3O2S.C8H6BrN3O2.C6H4Cl2S.C4H4ClNO2/c1-36-26(35)20-22-24(31-14-19(32-22)37-18-8-4-7-17(28)21(18)29)33-25(20)34-11-9-27(10-12-34)13-15-5-2-3-6-16(15)23(27)30;1-16(2,3)21(20)19-15-14-7-5-4-6-13(14)12-17(15)8-10-18-11-9-17;1-22-14(21)9-11-13(20-12(9)17)18-5-8(19-11)23-7-4-2-3-6(15)10(7)16;1-21-14(20)7-5-17-13-12(7)19-10(6-18-13)22-9-4-2-3-8(15)11(9)16;1-14-8(13)4-2-10-7-6(4)12-5(9)3-11-7;7-4-2-1-3-5(9)6(4)8;5-6-3(7)1-2-4(6)8/h2-8,14,23H,9-13,30H2,1H3,(H,31,33);4-7,15,18-19H,8-12H2,1-3H3;2-5H,1H3,(H,18,20);2-6H,1H3,(H,17,18);2-3H,1H3,(H,10,11);1-3,9H;1-2H2/t23-;15-,21-;;;;;/m11...../s1. The van der Waals surface area contributed by atoms with Crippen LogP contribution in [0.1, 0.15) is 135 Å². The Morgan fingerprint density at radius 3 is 1.40 bits per heavy atom. The number of anilines is 1. The van der Waals surface area contributed by atoms with Crippen LogP contribution < -0.4 is 20.7 Å². The van der Waals surface area contributed by atoms with E-state index in [0.717, 1.165) is 79.4 Å². The summed E-state index contributed by atoms with van der Waals surface area (Å²) in [5, 5.41) is 9.12. The molecule has 3 atom stereocenters. The number of nitrogens with two attached hydrogens (primary N) is 1. The first-order valence-electron chi connectivity index (χ1n) is 40.7. The highest BCUT2D eigenvalue weighted by atomic mass is 79.9. The minimum atomic E-state index is -1.03. The zero-order valence-corrected chi connectivity index (χ0v) is 85.2. The summed E-state index contributed by atoms with van der Waals surface area (Å²) in [5.74, 6) is -1.84. The van der Waals surface area contributed by atoms with Crippen molar-refractivity contribution in [2.75, 3.05) is 59.5 Å². The zero-order chi connectivity index (χ0) is 96.2. The van der Waals surface area contributed by atoms with Gasteiger partial charge in [-0.05, 0) is 170 Å². The molecular weight excluding hydrogens is 2090 g/mol. The van der Waals surface area contributed by atoms with Crippen LogP contribution >= 0.6 is 180 Å². The molecule has 0 bridgehead atoms. The minimum absolute atomic E-state index is 0.0230. The van der Waals surface area contributed by atoms with Crippen molar-refractivity contribution < 1.29 is 51.9 Å². The van der Waals surface area contributed by atoms with E-state index in [2.05, 4.69) is 152 Å². The first-order chi connectivity index (χ1) is 64.1. The largest absolute Gasteiger partial charge is 0.465 e. The van der Waals surface area contributed by atoms with Crippen molar-refractivity contribution in [3.63, 3.8) is 0 Å². The molecule has 11 heterocycles. The van der Waals surface area contributed by atoms with Crippen LogP contribution in [0.25, 0.3) is 44.7 Å². The van der Waals surface area contributed by atoms with Crippen LogP contribution in [0.3, 0.4) is 0 Å². The molecule has 8 aromatic heterocycles. The van der Waals surface area contributed by atoms with Gasteiger partial charge in [-0.1, -0.05) is 212 Å². The number of fused-ring (bicyclic) bond motifs is 6. The third-order valence-corrected chi connectivity index (χ3v) is 31.7. The number of benzene rings is 6. The normalized spacial score (nSPS) is 15.7. The molecule has 3 fully saturated rings. The SMILES string of the molecule is CC(C)(C)[S@@](=O)N[C@@H]1c2ccccc2CC12CCNCC2.COC(=O)c1c(Cl)[nH]c2ncc(Sc3cccc(Cl)c3Cl)nc12.COC(=O)c1c(N2CCC3(CC2)Cc2ccccc2[C@H]3N)[nH]c2ncc(Sc3cccc(Cl)c3Cl)nc12.COC(=O)c1c[nH]c2ncc(Br)nc12.COC(=O)c1c[nH]c2ncc(Sc3cccc(Cl)c3Cl)nc12.O=C1CCC(=O)N1Cl.Sc1cccc(Cl)c1Cl. The van der Waals surface area contributed by atoms with E-state index in [1.54, 1.807) is 73.3 Å². The summed E-state index contributed by atoms with van der Waals surface area (Å²) in [5.41, 5.74) is 17.5. The maximum Gasteiger partial charge on any atom is 0.343 e.